The molecule has 0 unspecified atom stereocenters. The van der Waals surface area contributed by atoms with Gasteiger partial charge in [0.05, 0.1) is 4.90 Å². The molecule has 5 N–H and O–H groups in total. The number of hydrogen-bond donors (Lipinski definition) is 3. The number of rotatable bonds is 9. The Hall–Kier alpha value is -2.30. The minimum absolute atomic E-state index is 0. The Morgan fingerprint density at radius 1 is 1.30 bits per heavy atom. The summed E-state index contributed by atoms with van der Waals surface area (Å²) in [5.41, 5.74) is 14.2. The van der Waals surface area contributed by atoms with Gasteiger partial charge in [-0.15, -0.1) is 12.4 Å². The Labute approximate surface area is 202 Å². The minimum Gasteiger partial charge on any atom is -0.487 e. The summed E-state index contributed by atoms with van der Waals surface area (Å²) in [5, 5.41) is 0. The largest absolute Gasteiger partial charge is 0.487 e. The van der Waals surface area contributed by atoms with Crippen LogP contribution < -0.4 is 20.9 Å². The monoisotopic (exact) mass is 502 g/mol. The zero-order valence-electron chi connectivity index (χ0n) is 19.9. The second-order valence-electron chi connectivity index (χ2n) is 8.59. The molecule has 0 aromatic heterocycles. The third-order valence-corrected chi connectivity index (χ3v) is 7.03. The van der Waals surface area contributed by atoms with Crippen LogP contribution in [0.15, 0.2) is 22.5 Å². The number of aliphatic imine (C=N–C) groups is 1. The summed E-state index contributed by atoms with van der Waals surface area (Å²) >= 11 is 0. The Bertz CT molecular complexity index is 1040. The van der Waals surface area contributed by atoms with Crippen molar-refractivity contribution in [2.24, 2.45) is 16.5 Å². The number of nitrogens with two attached hydrogens (primary N) is 2. The zero-order valence-corrected chi connectivity index (χ0v) is 21.5. The van der Waals surface area contributed by atoms with E-state index in [9.17, 15) is 13.2 Å². The lowest BCUT2D eigenvalue weighted by Crippen LogP contribution is -2.38. The van der Waals surface area contributed by atoms with E-state index in [1.807, 2.05) is 20.8 Å². The molecule has 0 amide bonds. The predicted molar refractivity (Wildman–Crippen MR) is 131 cm³/mol. The fourth-order valence-corrected chi connectivity index (χ4v) is 5.27. The second kappa shape index (κ2) is 11.2. The maximum atomic E-state index is 13.1. The molecule has 2 rings (SSSR count). The van der Waals surface area contributed by atoms with Crippen LogP contribution in [0.1, 0.15) is 48.9 Å². The maximum absolute atomic E-state index is 13.1. The number of ether oxygens (including phenoxy) is 2. The second-order valence-corrected chi connectivity index (χ2v) is 10.2. The Kier molecular flexibility index (Phi) is 9.77. The molecule has 0 saturated heterocycles. The molecule has 186 valence electrons. The highest BCUT2D eigenvalue weighted by Gasteiger charge is 2.36. The van der Waals surface area contributed by atoms with E-state index in [1.54, 1.807) is 13.8 Å². The van der Waals surface area contributed by atoms with Gasteiger partial charge in [0.2, 0.25) is 5.96 Å². The number of carbonyl (C=O) groups excluding carboxylic acids is 1. The first-order valence-corrected chi connectivity index (χ1v) is 12.0. The van der Waals surface area contributed by atoms with Crippen LogP contribution in [0.2, 0.25) is 0 Å². The Morgan fingerprint density at radius 3 is 2.55 bits per heavy atom. The van der Waals surface area contributed by atoms with Gasteiger partial charge in [0.15, 0.2) is 0 Å². The molecule has 0 radical (unpaired) electrons. The van der Waals surface area contributed by atoms with Crippen LogP contribution in [0.4, 0.5) is 0 Å². The lowest BCUT2D eigenvalue weighted by Gasteiger charge is -2.19. The molecule has 1 atom stereocenters. The minimum atomic E-state index is -3.95. The third kappa shape index (κ3) is 6.84. The summed E-state index contributed by atoms with van der Waals surface area (Å²) in [4.78, 5) is 15.9. The molecule has 0 aliphatic carbocycles. The van der Waals surface area contributed by atoms with E-state index < -0.39 is 22.0 Å². The number of esters is 1. The molecule has 1 aliphatic rings. The van der Waals surface area contributed by atoms with Crippen molar-refractivity contribution in [3.8, 4) is 5.75 Å². The lowest BCUT2D eigenvalue weighted by atomic mass is 9.94. The number of carbonyl (C=O) groups is 1. The van der Waals surface area contributed by atoms with Crippen LogP contribution in [0, 0.1) is 20.8 Å². The first-order chi connectivity index (χ1) is 14.8. The van der Waals surface area contributed by atoms with Crippen molar-refractivity contribution in [3.05, 3.63) is 34.9 Å². The number of hydrogen-bond acceptors (Lipinski definition) is 7. The maximum Gasteiger partial charge on any atom is 0.323 e. The van der Waals surface area contributed by atoms with E-state index in [0.29, 0.717) is 30.4 Å². The van der Waals surface area contributed by atoms with Crippen molar-refractivity contribution in [1.29, 1.82) is 0 Å². The van der Waals surface area contributed by atoms with Crippen molar-refractivity contribution in [2.75, 3.05) is 13.2 Å². The van der Waals surface area contributed by atoms with E-state index in [0.717, 1.165) is 16.9 Å². The summed E-state index contributed by atoms with van der Waals surface area (Å²) in [7, 11) is -3.95. The van der Waals surface area contributed by atoms with Crippen LogP contribution in [0.5, 0.6) is 5.75 Å². The van der Waals surface area contributed by atoms with Crippen molar-refractivity contribution in [1.82, 2.24) is 4.72 Å². The number of guanidine groups is 1. The van der Waals surface area contributed by atoms with Gasteiger partial charge in [-0.05, 0) is 64.2 Å². The van der Waals surface area contributed by atoms with Gasteiger partial charge >= 0.3 is 5.97 Å². The summed E-state index contributed by atoms with van der Waals surface area (Å²) in [5.74, 6) is 0.0162. The molecule has 0 fully saturated rings. The molecule has 11 heteroatoms. The number of nitrogens with one attached hydrogen (secondary N) is 1. The topological polar surface area (TPSA) is 146 Å². The highest BCUT2D eigenvalue weighted by atomic mass is 35.5. The standard InChI is InChI=1S/C22H34N4O5S.ClH/c1-7-11-30-20(27)17(23)9-8-10-25-21(24)26-32(28,29)19-14(3)13(2)18-16(15(19)4)12-22(5,6)31-18;/h7,17H,1,8-12,23H2,2-6H3,(H3,24,25,26);1H/t17-;/m0./s1. The van der Waals surface area contributed by atoms with Gasteiger partial charge in [-0.25, -0.2) is 13.1 Å². The van der Waals surface area contributed by atoms with Gasteiger partial charge in [-0.1, -0.05) is 12.7 Å². The Morgan fingerprint density at radius 2 is 1.94 bits per heavy atom. The Balaban J connectivity index is 0.00000544. The summed E-state index contributed by atoms with van der Waals surface area (Å²) in [6.45, 7) is 13.1. The van der Waals surface area contributed by atoms with Gasteiger partial charge < -0.3 is 20.9 Å². The van der Waals surface area contributed by atoms with Crippen molar-refractivity contribution in [3.63, 3.8) is 0 Å². The quantitative estimate of drug-likeness (QED) is 0.154. The molecule has 0 saturated carbocycles. The average molecular weight is 503 g/mol. The fraction of sp³-hybridized carbons (Fsp3) is 0.545. The number of halogens is 1. The first kappa shape index (κ1) is 28.7. The molecule has 9 nitrogen and oxygen atoms in total. The number of fused-ring (bicyclic) bond motifs is 1. The molecule has 0 spiro atoms. The SMILES string of the molecule is C=CCOC(=O)[C@@H](N)CCCN=C(N)NS(=O)(=O)c1c(C)c(C)c2c(c1C)CC(C)(C)O2.Cl. The first-order valence-electron chi connectivity index (χ1n) is 10.5. The van der Waals surface area contributed by atoms with Crippen LogP contribution in [0.3, 0.4) is 0 Å². The van der Waals surface area contributed by atoms with Gasteiger partial charge in [-0.3, -0.25) is 9.79 Å². The van der Waals surface area contributed by atoms with Crippen molar-refractivity contribution < 1.29 is 22.7 Å². The van der Waals surface area contributed by atoms with Crippen LogP contribution in [-0.4, -0.2) is 45.1 Å². The third-order valence-electron chi connectivity index (χ3n) is 5.40. The van der Waals surface area contributed by atoms with Crippen LogP contribution >= 0.6 is 12.4 Å². The van der Waals surface area contributed by atoms with E-state index in [1.165, 1.54) is 6.08 Å². The van der Waals surface area contributed by atoms with E-state index >= 15 is 0 Å². The summed E-state index contributed by atoms with van der Waals surface area (Å²) in [6, 6.07) is -0.783. The molecule has 1 aromatic rings. The summed E-state index contributed by atoms with van der Waals surface area (Å²) < 4.78 is 39.5. The summed E-state index contributed by atoms with van der Waals surface area (Å²) in [6.07, 6.45) is 2.85. The van der Waals surface area contributed by atoms with Crippen molar-refractivity contribution in [2.45, 2.75) is 70.4 Å². The molecule has 1 heterocycles. The highest BCUT2D eigenvalue weighted by Crippen LogP contribution is 2.43. The normalized spacial score (nSPS) is 15.6. The molecule has 33 heavy (non-hydrogen) atoms. The molecular weight excluding hydrogens is 468 g/mol. The fourth-order valence-electron chi connectivity index (χ4n) is 3.75. The van der Waals surface area contributed by atoms with Gasteiger partial charge in [0.25, 0.3) is 10.0 Å². The number of sulfonamides is 1. The van der Waals surface area contributed by atoms with Gasteiger partial charge in [-0.2, -0.15) is 0 Å². The van der Waals surface area contributed by atoms with Gasteiger partial charge in [0.1, 0.15) is 24.0 Å². The predicted octanol–water partition coefficient (Wildman–Crippen LogP) is 2.18. The number of nitrogens with zero attached hydrogens (tertiary/aromatic N) is 1. The van der Waals surface area contributed by atoms with E-state index in [4.69, 9.17) is 20.9 Å². The number of benzene rings is 1. The molecule has 1 aliphatic heterocycles. The molecule has 0 bridgehead atoms. The average Bonchev–Trinajstić information content (AvgIpc) is 3.03. The lowest BCUT2D eigenvalue weighted by molar-refractivity contribution is -0.144. The molecular formula is C22H35ClN4O5S. The van der Waals surface area contributed by atoms with E-state index in [2.05, 4.69) is 16.3 Å². The highest BCUT2D eigenvalue weighted by molar-refractivity contribution is 7.90. The van der Waals surface area contributed by atoms with Crippen LogP contribution in [0.25, 0.3) is 0 Å². The van der Waals surface area contributed by atoms with Crippen molar-refractivity contribution >= 4 is 34.4 Å². The van der Waals surface area contributed by atoms with E-state index in [-0.39, 0.29) is 42.0 Å². The smallest absolute Gasteiger partial charge is 0.323 e. The van der Waals surface area contributed by atoms with Gasteiger partial charge in [0, 0.05) is 18.5 Å². The van der Waals surface area contributed by atoms with Crippen LogP contribution in [-0.2, 0) is 26.0 Å². The molecule has 1 aromatic carbocycles. The zero-order chi connectivity index (χ0) is 24.3.